The Labute approximate surface area is 109 Å². The molecular weight excluding hydrogens is 249 g/mol. The maximum Gasteiger partial charge on any atom is 0.308 e. The van der Waals surface area contributed by atoms with E-state index in [1.807, 2.05) is 6.92 Å². The Bertz CT molecular complexity index is 551. The van der Waals surface area contributed by atoms with Crippen LogP contribution in [0.25, 0.3) is 11.5 Å². The molecule has 0 saturated heterocycles. The van der Waals surface area contributed by atoms with Gasteiger partial charge in [0, 0.05) is 12.1 Å². The number of aromatic nitrogens is 2. The third kappa shape index (κ3) is 3.37. The molecule has 2 aromatic rings. The van der Waals surface area contributed by atoms with E-state index in [9.17, 15) is 9.18 Å². The molecular formula is C13H14FN3O2. The first-order valence-electron chi connectivity index (χ1n) is 6.08. The van der Waals surface area contributed by atoms with Gasteiger partial charge in [-0.3, -0.25) is 4.79 Å². The number of amides is 1. The Balaban J connectivity index is 2.06. The van der Waals surface area contributed by atoms with Crippen LogP contribution >= 0.6 is 0 Å². The number of nitrogens with one attached hydrogen (secondary N) is 1. The van der Waals surface area contributed by atoms with Crippen molar-refractivity contribution in [1.29, 1.82) is 0 Å². The summed E-state index contributed by atoms with van der Waals surface area (Å²) < 4.78 is 18.0. The zero-order chi connectivity index (χ0) is 13.7. The van der Waals surface area contributed by atoms with E-state index in [2.05, 4.69) is 15.5 Å². The molecule has 100 valence electrons. The van der Waals surface area contributed by atoms with Gasteiger partial charge in [-0.1, -0.05) is 13.3 Å². The number of unbranched alkanes of at least 4 members (excludes halogenated alkanes) is 1. The summed E-state index contributed by atoms with van der Waals surface area (Å²) in [7, 11) is 0. The van der Waals surface area contributed by atoms with Crippen LogP contribution < -0.4 is 5.32 Å². The van der Waals surface area contributed by atoms with Crippen LogP contribution in [0.2, 0.25) is 0 Å². The van der Waals surface area contributed by atoms with Crippen LogP contribution in [-0.2, 0) is 0 Å². The van der Waals surface area contributed by atoms with Crippen LogP contribution in [0.1, 0.15) is 30.5 Å². The molecule has 1 aromatic carbocycles. The number of hydrogen-bond donors (Lipinski definition) is 1. The van der Waals surface area contributed by atoms with Crippen LogP contribution in [0.4, 0.5) is 4.39 Å². The Morgan fingerprint density at radius 3 is 2.74 bits per heavy atom. The third-order valence-electron chi connectivity index (χ3n) is 2.53. The first-order valence-corrected chi connectivity index (χ1v) is 6.08. The molecule has 0 radical (unpaired) electrons. The van der Waals surface area contributed by atoms with E-state index in [1.54, 1.807) is 0 Å². The number of benzene rings is 1. The fourth-order valence-electron chi connectivity index (χ4n) is 1.48. The van der Waals surface area contributed by atoms with Crippen molar-refractivity contribution < 1.29 is 13.6 Å². The maximum absolute atomic E-state index is 12.8. The highest BCUT2D eigenvalue weighted by molar-refractivity contribution is 5.89. The average molecular weight is 263 g/mol. The van der Waals surface area contributed by atoms with Gasteiger partial charge >= 0.3 is 11.8 Å². The van der Waals surface area contributed by atoms with Crippen molar-refractivity contribution in [2.24, 2.45) is 0 Å². The second-order valence-electron chi connectivity index (χ2n) is 4.03. The largest absolute Gasteiger partial charge is 0.412 e. The van der Waals surface area contributed by atoms with E-state index in [0.29, 0.717) is 12.1 Å². The van der Waals surface area contributed by atoms with Gasteiger partial charge in [0.05, 0.1) is 0 Å². The van der Waals surface area contributed by atoms with Gasteiger partial charge in [-0.05, 0) is 30.7 Å². The fourth-order valence-corrected chi connectivity index (χ4v) is 1.48. The molecule has 0 unspecified atom stereocenters. The van der Waals surface area contributed by atoms with Crippen LogP contribution in [0, 0.1) is 5.82 Å². The highest BCUT2D eigenvalue weighted by Gasteiger charge is 2.15. The van der Waals surface area contributed by atoms with Gasteiger partial charge in [0.25, 0.3) is 0 Å². The molecule has 0 aliphatic rings. The molecule has 0 saturated carbocycles. The van der Waals surface area contributed by atoms with Crippen molar-refractivity contribution in [2.45, 2.75) is 19.8 Å². The highest BCUT2D eigenvalue weighted by Crippen LogP contribution is 2.17. The van der Waals surface area contributed by atoms with E-state index in [-0.39, 0.29) is 17.6 Å². The van der Waals surface area contributed by atoms with E-state index < -0.39 is 5.91 Å². The number of halogens is 1. The zero-order valence-corrected chi connectivity index (χ0v) is 10.5. The normalized spacial score (nSPS) is 10.4. The van der Waals surface area contributed by atoms with Crippen LogP contribution in [0.5, 0.6) is 0 Å². The lowest BCUT2D eigenvalue weighted by atomic mass is 10.2. The van der Waals surface area contributed by atoms with Crippen LogP contribution in [-0.4, -0.2) is 22.6 Å². The third-order valence-corrected chi connectivity index (χ3v) is 2.53. The quantitative estimate of drug-likeness (QED) is 0.841. The van der Waals surface area contributed by atoms with Gasteiger partial charge in [-0.25, -0.2) is 4.39 Å². The monoisotopic (exact) mass is 263 g/mol. The van der Waals surface area contributed by atoms with Crippen molar-refractivity contribution in [3.8, 4) is 11.5 Å². The zero-order valence-electron chi connectivity index (χ0n) is 10.5. The molecule has 2 rings (SSSR count). The first-order chi connectivity index (χ1) is 9.20. The van der Waals surface area contributed by atoms with Gasteiger partial charge in [0.1, 0.15) is 5.82 Å². The summed E-state index contributed by atoms with van der Waals surface area (Å²) in [6, 6.07) is 5.62. The van der Waals surface area contributed by atoms with Gasteiger partial charge < -0.3 is 9.73 Å². The number of rotatable bonds is 5. The number of carbonyl (C=O) groups is 1. The molecule has 0 atom stereocenters. The minimum atomic E-state index is -0.394. The topological polar surface area (TPSA) is 68.0 Å². The van der Waals surface area contributed by atoms with Crippen molar-refractivity contribution in [2.75, 3.05) is 6.54 Å². The lowest BCUT2D eigenvalue weighted by Gasteiger charge is -1.99. The summed E-state index contributed by atoms with van der Waals surface area (Å²) in [5, 5.41) is 10.1. The molecule has 19 heavy (non-hydrogen) atoms. The summed E-state index contributed by atoms with van der Waals surface area (Å²) in [5.74, 6) is -0.633. The van der Waals surface area contributed by atoms with Gasteiger partial charge in [0.15, 0.2) is 0 Å². The summed E-state index contributed by atoms with van der Waals surface area (Å²) >= 11 is 0. The minimum absolute atomic E-state index is 0.0876. The number of nitrogens with zero attached hydrogens (tertiary/aromatic N) is 2. The van der Waals surface area contributed by atoms with Crippen LogP contribution in [0.3, 0.4) is 0 Å². The molecule has 0 aliphatic heterocycles. The molecule has 5 nitrogen and oxygen atoms in total. The van der Waals surface area contributed by atoms with Gasteiger partial charge in [0.2, 0.25) is 5.89 Å². The van der Waals surface area contributed by atoms with E-state index in [4.69, 9.17) is 4.42 Å². The van der Waals surface area contributed by atoms with E-state index >= 15 is 0 Å². The Hall–Kier alpha value is -2.24. The van der Waals surface area contributed by atoms with Gasteiger partial charge in [-0.2, -0.15) is 0 Å². The molecule has 6 heteroatoms. The molecule has 1 heterocycles. The molecule has 1 aromatic heterocycles. The summed E-state index contributed by atoms with van der Waals surface area (Å²) in [5.41, 5.74) is 0.571. The SMILES string of the molecule is CCCCNC(=O)c1nnc(-c2ccc(F)cc2)o1. The molecule has 0 bridgehead atoms. The van der Waals surface area contributed by atoms with E-state index in [0.717, 1.165) is 12.8 Å². The fraction of sp³-hybridized carbons (Fsp3) is 0.308. The lowest BCUT2D eigenvalue weighted by molar-refractivity contribution is 0.0919. The Kier molecular flexibility index (Phi) is 4.22. The van der Waals surface area contributed by atoms with Crippen molar-refractivity contribution >= 4 is 5.91 Å². The van der Waals surface area contributed by atoms with Gasteiger partial charge in [-0.15, -0.1) is 10.2 Å². The molecule has 0 aliphatic carbocycles. The number of hydrogen-bond acceptors (Lipinski definition) is 4. The summed E-state index contributed by atoms with van der Waals surface area (Å²) in [6.07, 6.45) is 1.88. The average Bonchev–Trinajstić information content (AvgIpc) is 2.89. The number of carbonyl (C=O) groups excluding carboxylic acids is 1. The minimum Gasteiger partial charge on any atom is -0.412 e. The molecule has 1 N–H and O–H groups in total. The Morgan fingerprint density at radius 2 is 2.05 bits per heavy atom. The second-order valence-corrected chi connectivity index (χ2v) is 4.03. The first kappa shape index (κ1) is 13.2. The highest BCUT2D eigenvalue weighted by atomic mass is 19.1. The smallest absolute Gasteiger partial charge is 0.308 e. The van der Waals surface area contributed by atoms with Crippen molar-refractivity contribution in [1.82, 2.24) is 15.5 Å². The van der Waals surface area contributed by atoms with E-state index in [1.165, 1.54) is 24.3 Å². The standard InChI is InChI=1S/C13H14FN3O2/c1-2-3-8-15-11(18)13-17-16-12(19-13)9-4-6-10(14)7-5-9/h4-7H,2-3,8H2,1H3,(H,15,18). The predicted octanol–water partition coefficient (Wildman–Crippen LogP) is 2.41. The maximum atomic E-state index is 12.8. The van der Waals surface area contributed by atoms with Crippen molar-refractivity contribution in [3.05, 3.63) is 36.0 Å². The molecule has 0 spiro atoms. The van der Waals surface area contributed by atoms with Crippen molar-refractivity contribution in [3.63, 3.8) is 0 Å². The van der Waals surface area contributed by atoms with Crippen LogP contribution in [0.15, 0.2) is 28.7 Å². The molecule has 0 fully saturated rings. The second kappa shape index (κ2) is 6.08. The Morgan fingerprint density at radius 1 is 1.32 bits per heavy atom. The lowest BCUT2D eigenvalue weighted by Crippen LogP contribution is -2.24. The summed E-state index contributed by atoms with van der Waals surface area (Å²) in [4.78, 5) is 11.7. The summed E-state index contributed by atoms with van der Waals surface area (Å²) in [6.45, 7) is 2.61. The molecule has 1 amide bonds. The predicted molar refractivity (Wildman–Crippen MR) is 66.9 cm³/mol.